The number of nitriles is 1. The molecule has 1 aromatic carbocycles. The number of aliphatic hydroxyl groups is 1. The van der Waals surface area contributed by atoms with Crippen LogP contribution >= 0.6 is 0 Å². The minimum atomic E-state index is -0.781. The molecule has 4 atom stereocenters. The van der Waals surface area contributed by atoms with Crippen molar-refractivity contribution in [1.29, 1.82) is 5.26 Å². The highest BCUT2D eigenvalue weighted by Gasteiger charge is 2.43. The van der Waals surface area contributed by atoms with Crippen LogP contribution in [0.4, 0.5) is 4.39 Å². The van der Waals surface area contributed by atoms with Crippen molar-refractivity contribution in [3.05, 3.63) is 42.0 Å². The summed E-state index contributed by atoms with van der Waals surface area (Å²) in [5.74, 6) is -0.260. The maximum atomic E-state index is 14.6. The molecule has 0 spiro atoms. The second-order valence-corrected chi connectivity index (χ2v) is 7.83. The number of halogens is 1. The van der Waals surface area contributed by atoms with Crippen LogP contribution in [0.5, 0.6) is 0 Å². The number of rotatable bonds is 7. The van der Waals surface area contributed by atoms with E-state index in [1.54, 1.807) is 29.2 Å². The number of amides is 1. The number of nitrogens with one attached hydrogen (secondary N) is 2. The Bertz CT molecular complexity index is 937. The van der Waals surface area contributed by atoms with Crippen LogP contribution in [0.2, 0.25) is 0 Å². The van der Waals surface area contributed by atoms with E-state index in [-0.39, 0.29) is 25.0 Å². The molecule has 152 valence electrons. The third-order valence-corrected chi connectivity index (χ3v) is 5.89. The molecule has 4 rings (SSSR count). The highest BCUT2D eigenvalue weighted by atomic mass is 19.1. The van der Waals surface area contributed by atoms with E-state index in [9.17, 15) is 14.4 Å². The van der Waals surface area contributed by atoms with Crippen LogP contribution in [-0.4, -0.2) is 45.5 Å². The quantitative estimate of drug-likeness (QED) is 0.655. The second kappa shape index (κ2) is 8.31. The van der Waals surface area contributed by atoms with Gasteiger partial charge in [0.05, 0.1) is 31.5 Å². The van der Waals surface area contributed by atoms with Crippen LogP contribution in [-0.2, 0) is 17.8 Å². The fraction of sp³-hybridized carbons (Fsp3) is 0.476. The van der Waals surface area contributed by atoms with Gasteiger partial charge in [0, 0.05) is 24.2 Å². The lowest BCUT2D eigenvalue weighted by atomic mass is 9.98. The summed E-state index contributed by atoms with van der Waals surface area (Å²) in [6, 6.07) is 6.27. The first kappa shape index (κ1) is 19.6. The van der Waals surface area contributed by atoms with Crippen molar-refractivity contribution >= 4 is 5.91 Å². The Morgan fingerprint density at radius 2 is 2.31 bits per heavy atom. The smallest absolute Gasteiger partial charge is 0.238 e. The average Bonchev–Trinajstić information content (AvgIpc) is 3.46. The molecule has 8 heteroatoms. The molecule has 2 heterocycles. The van der Waals surface area contributed by atoms with E-state index in [1.807, 2.05) is 0 Å². The van der Waals surface area contributed by atoms with Gasteiger partial charge in [-0.3, -0.25) is 9.48 Å². The number of carbonyl (C=O) groups excluding carboxylic acids is 1. The lowest BCUT2D eigenvalue weighted by Crippen LogP contribution is -2.50. The van der Waals surface area contributed by atoms with Gasteiger partial charge in [0.2, 0.25) is 5.91 Å². The van der Waals surface area contributed by atoms with Gasteiger partial charge < -0.3 is 15.7 Å². The molecule has 7 nitrogen and oxygen atoms in total. The highest BCUT2D eigenvalue weighted by Crippen LogP contribution is 2.35. The number of hydrogen-bond acceptors (Lipinski definition) is 5. The predicted octanol–water partition coefficient (Wildman–Crippen LogP) is 1.37. The third-order valence-electron chi connectivity index (χ3n) is 5.89. The van der Waals surface area contributed by atoms with E-state index >= 15 is 0 Å². The third kappa shape index (κ3) is 4.16. The van der Waals surface area contributed by atoms with Gasteiger partial charge in [0.1, 0.15) is 11.9 Å². The zero-order valence-electron chi connectivity index (χ0n) is 16.0. The molecule has 2 bridgehead atoms. The molecule has 1 saturated carbocycles. The van der Waals surface area contributed by atoms with Crippen LogP contribution < -0.4 is 10.6 Å². The lowest BCUT2D eigenvalue weighted by molar-refractivity contribution is -0.124. The number of fused-ring (bicyclic) bond motifs is 2. The molecule has 2 aliphatic rings. The first-order valence-corrected chi connectivity index (χ1v) is 9.95. The predicted molar refractivity (Wildman–Crippen MR) is 104 cm³/mol. The minimum Gasteiger partial charge on any atom is -0.394 e. The number of hydrogen-bond donors (Lipinski definition) is 3. The van der Waals surface area contributed by atoms with Crippen LogP contribution in [0.25, 0.3) is 11.1 Å². The summed E-state index contributed by atoms with van der Waals surface area (Å²) in [5.41, 5.74) is 1.79. The van der Waals surface area contributed by atoms with Crippen LogP contribution in [0.15, 0.2) is 30.6 Å². The maximum absolute atomic E-state index is 14.6. The first-order chi connectivity index (χ1) is 14.1. The summed E-state index contributed by atoms with van der Waals surface area (Å²) in [5, 5.41) is 28.6. The van der Waals surface area contributed by atoms with Crippen LogP contribution in [0, 0.1) is 23.1 Å². The van der Waals surface area contributed by atoms with E-state index in [4.69, 9.17) is 5.11 Å². The fourth-order valence-corrected chi connectivity index (χ4v) is 4.39. The van der Waals surface area contributed by atoms with Gasteiger partial charge in [-0.1, -0.05) is 12.1 Å². The second-order valence-electron chi connectivity index (χ2n) is 7.83. The summed E-state index contributed by atoms with van der Waals surface area (Å²) in [7, 11) is 0. The van der Waals surface area contributed by atoms with Crippen molar-refractivity contribution < 1.29 is 14.3 Å². The Labute approximate surface area is 168 Å². The van der Waals surface area contributed by atoms with E-state index in [0.29, 0.717) is 29.6 Å². The summed E-state index contributed by atoms with van der Waals surface area (Å²) in [6.07, 6.45) is 6.62. The number of nitrogens with zero attached hydrogens (tertiary/aromatic N) is 3. The van der Waals surface area contributed by atoms with Crippen molar-refractivity contribution in [3.8, 4) is 17.2 Å². The summed E-state index contributed by atoms with van der Waals surface area (Å²) in [6.45, 7) is 0.356. The summed E-state index contributed by atoms with van der Waals surface area (Å²) >= 11 is 0. The maximum Gasteiger partial charge on any atom is 0.238 e. The molecule has 1 aliphatic carbocycles. The molecule has 1 saturated heterocycles. The summed E-state index contributed by atoms with van der Waals surface area (Å²) in [4.78, 5) is 12.5. The zero-order chi connectivity index (χ0) is 20.4. The molecule has 0 radical (unpaired) electrons. The molecule has 2 aromatic rings. The van der Waals surface area contributed by atoms with Crippen molar-refractivity contribution in [3.63, 3.8) is 0 Å². The molecule has 2 fully saturated rings. The molecule has 3 N–H and O–H groups in total. The molecule has 29 heavy (non-hydrogen) atoms. The van der Waals surface area contributed by atoms with Gasteiger partial charge in [-0.25, -0.2) is 4.39 Å². The molecule has 1 amide bonds. The van der Waals surface area contributed by atoms with Gasteiger partial charge in [-0.15, -0.1) is 0 Å². The van der Waals surface area contributed by atoms with Crippen molar-refractivity contribution in [2.75, 3.05) is 6.61 Å². The fourth-order valence-electron chi connectivity index (χ4n) is 4.39. The largest absolute Gasteiger partial charge is 0.394 e. The molecule has 1 aromatic heterocycles. The van der Waals surface area contributed by atoms with Crippen LogP contribution in [0.3, 0.4) is 0 Å². The van der Waals surface area contributed by atoms with Gasteiger partial charge in [-0.05, 0) is 42.4 Å². The topological polar surface area (TPSA) is 103 Å². The molecule has 1 aliphatic heterocycles. The van der Waals surface area contributed by atoms with Crippen LogP contribution in [0.1, 0.15) is 24.8 Å². The standard InChI is InChI=1S/C21H24FN5O2/c22-19-9-13(16-11-24-27(12-16)5-6-28)1-2-14(19)7-18(10-23)26-21(29)20-15-3-4-17(8-15)25-20/h1-2,9,11-12,15,17-18,20,25,28H,3-8H2,(H,26,29)/t15?,17-,18?,20+/m1/s1. The molecular formula is C21H24FN5O2. The summed E-state index contributed by atoms with van der Waals surface area (Å²) < 4.78 is 16.2. The van der Waals surface area contributed by atoms with Gasteiger partial charge in [0.25, 0.3) is 0 Å². The lowest BCUT2D eigenvalue weighted by Gasteiger charge is -2.23. The SMILES string of the molecule is N#CC(Cc1ccc(-c2cnn(CCO)c2)cc1F)NC(=O)[C@H]1N[C@@H]2CCC1C2. The number of benzene rings is 1. The van der Waals surface area contributed by atoms with Crippen molar-refractivity contribution in [2.45, 2.75) is 50.4 Å². The van der Waals surface area contributed by atoms with Crippen molar-refractivity contribution in [2.24, 2.45) is 5.92 Å². The average molecular weight is 397 g/mol. The van der Waals surface area contributed by atoms with E-state index in [0.717, 1.165) is 24.8 Å². The Morgan fingerprint density at radius 3 is 2.97 bits per heavy atom. The highest BCUT2D eigenvalue weighted by molar-refractivity contribution is 5.83. The monoisotopic (exact) mass is 397 g/mol. The number of piperidine rings is 1. The molecular weight excluding hydrogens is 373 g/mol. The first-order valence-electron chi connectivity index (χ1n) is 9.95. The normalized spacial score (nSPS) is 23.7. The zero-order valence-corrected chi connectivity index (χ0v) is 16.0. The van der Waals surface area contributed by atoms with E-state index in [2.05, 4.69) is 21.8 Å². The van der Waals surface area contributed by atoms with Gasteiger partial charge >= 0.3 is 0 Å². The van der Waals surface area contributed by atoms with Gasteiger partial charge in [-0.2, -0.15) is 10.4 Å². The Balaban J connectivity index is 1.41. The van der Waals surface area contributed by atoms with E-state index < -0.39 is 11.9 Å². The number of aromatic nitrogens is 2. The number of carbonyl (C=O) groups is 1. The Hall–Kier alpha value is -2.76. The number of aliphatic hydroxyl groups excluding tert-OH is 1. The van der Waals surface area contributed by atoms with E-state index in [1.165, 1.54) is 6.07 Å². The molecule has 2 unspecified atom stereocenters. The minimum absolute atomic E-state index is 0.0204. The Morgan fingerprint density at radius 1 is 1.45 bits per heavy atom. The van der Waals surface area contributed by atoms with Gasteiger partial charge in [0.15, 0.2) is 0 Å². The Kier molecular flexibility index (Phi) is 5.60. The van der Waals surface area contributed by atoms with Crippen molar-refractivity contribution in [1.82, 2.24) is 20.4 Å².